The predicted octanol–water partition coefficient (Wildman–Crippen LogP) is 3.11. The average molecular weight is 311 g/mol. The van der Waals surface area contributed by atoms with Crippen molar-refractivity contribution in [3.63, 3.8) is 0 Å². The Labute approximate surface area is 131 Å². The van der Waals surface area contributed by atoms with Crippen molar-refractivity contribution in [3.8, 4) is 0 Å². The first-order valence-electron chi connectivity index (χ1n) is 7.59. The van der Waals surface area contributed by atoms with E-state index in [0.717, 1.165) is 56.2 Å². The minimum atomic E-state index is -0.695. The van der Waals surface area contributed by atoms with E-state index in [1.807, 2.05) is 24.3 Å². The van der Waals surface area contributed by atoms with Crippen LogP contribution in [-0.4, -0.2) is 48.2 Å². The summed E-state index contributed by atoms with van der Waals surface area (Å²) >= 11 is 6.03. The second kappa shape index (κ2) is 7.66. The van der Waals surface area contributed by atoms with E-state index in [4.69, 9.17) is 11.6 Å². The van der Waals surface area contributed by atoms with Crippen molar-refractivity contribution in [1.29, 1.82) is 0 Å². The number of rotatable bonds is 6. The summed E-state index contributed by atoms with van der Waals surface area (Å²) in [6.07, 6.45) is 2.74. The first-order chi connectivity index (χ1) is 10.1. The van der Waals surface area contributed by atoms with Gasteiger partial charge in [-0.25, -0.2) is 0 Å². The molecule has 0 saturated carbocycles. The standard InChI is InChI=1S/C16H23ClN2O2/c1-2-3-7-15(16(20)21)19-10-8-18(9-11-19)14-6-4-5-13(17)12-14/h4-6,12,15H,2-3,7-11H2,1H3,(H,20,21). The van der Waals surface area contributed by atoms with Gasteiger partial charge in [-0.2, -0.15) is 0 Å². The molecule has 5 heteroatoms. The molecule has 0 amide bonds. The summed E-state index contributed by atoms with van der Waals surface area (Å²) in [5, 5.41) is 10.1. The fourth-order valence-corrected chi connectivity index (χ4v) is 3.01. The van der Waals surface area contributed by atoms with Gasteiger partial charge < -0.3 is 10.0 Å². The molecule has 116 valence electrons. The first-order valence-corrected chi connectivity index (χ1v) is 7.97. The lowest BCUT2D eigenvalue weighted by Gasteiger charge is -2.38. The van der Waals surface area contributed by atoms with E-state index in [9.17, 15) is 9.90 Å². The molecule has 1 aromatic rings. The topological polar surface area (TPSA) is 43.8 Å². The maximum atomic E-state index is 11.4. The Hall–Kier alpha value is -1.26. The number of hydrogen-bond donors (Lipinski definition) is 1. The number of anilines is 1. The molecule has 0 radical (unpaired) electrons. The average Bonchev–Trinajstić information content (AvgIpc) is 2.48. The Kier molecular flexibility index (Phi) is 5.88. The molecular weight excluding hydrogens is 288 g/mol. The van der Waals surface area contributed by atoms with E-state index in [-0.39, 0.29) is 6.04 Å². The number of piperazine rings is 1. The highest BCUT2D eigenvalue weighted by molar-refractivity contribution is 6.30. The molecule has 0 aliphatic carbocycles. The molecule has 0 aromatic heterocycles. The van der Waals surface area contributed by atoms with Gasteiger partial charge in [0.05, 0.1) is 0 Å². The molecule has 0 bridgehead atoms. The van der Waals surface area contributed by atoms with Gasteiger partial charge in [-0.05, 0) is 24.6 Å². The van der Waals surface area contributed by atoms with E-state index >= 15 is 0 Å². The van der Waals surface area contributed by atoms with E-state index in [1.54, 1.807) is 0 Å². The molecule has 4 nitrogen and oxygen atoms in total. The minimum absolute atomic E-state index is 0.341. The van der Waals surface area contributed by atoms with Crippen LogP contribution in [0.1, 0.15) is 26.2 Å². The van der Waals surface area contributed by atoms with Crippen molar-refractivity contribution in [3.05, 3.63) is 29.3 Å². The summed E-state index contributed by atoms with van der Waals surface area (Å²) in [5.74, 6) is -0.695. The molecule has 0 spiro atoms. The largest absolute Gasteiger partial charge is 0.480 e. The van der Waals surface area contributed by atoms with Gasteiger partial charge in [0.25, 0.3) is 0 Å². The molecule has 2 rings (SSSR count). The van der Waals surface area contributed by atoms with Crippen LogP contribution in [0.2, 0.25) is 5.02 Å². The van der Waals surface area contributed by atoms with Crippen LogP contribution >= 0.6 is 11.6 Å². The number of aliphatic carboxylic acids is 1. The highest BCUT2D eigenvalue weighted by Crippen LogP contribution is 2.22. The van der Waals surface area contributed by atoms with Gasteiger partial charge in [0, 0.05) is 36.9 Å². The third-order valence-electron chi connectivity index (χ3n) is 4.04. The van der Waals surface area contributed by atoms with Crippen LogP contribution in [0.3, 0.4) is 0 Å². The third kappa shape index (κ3) is 4.35. The maximum absolute atomic E-state index is 11.4. The molecule has 1 unspecified atom stereocenters. The molecule has 1 aromatic carbocycles. The summed E-state index contributed by atoms with van der Waals surface area (Å²) in [6, 6.07) is 7.49. The van der Waals surface area contributed by atoms with Gasteiger partial charge in [-0.1, -0.05) is 37.4 Å². The van der Waals surface area contributed by atoms with Crippen molar-refractivity contribution >= 4 is 23.3 Å². The van der Waals surface area contributed by atoms with Crippen LogP contribution in [0.15, 0.2) is 24.3 Å². The Bertz CT molecular complexity index is 473. The molecule has 21 heavy (non-hydrogen) atoms. The predicted molar refractivity (Wildman–Crippen MR) is 86.2 cm³/mol. The number of benzene rings is 1. The fraction of sp³-hybridized carbons (Fsp3) is 0.562. The second-order valence-electron chi connectivity index (χ2n) is 5.50. The zero-order chi connectivity index (χ0) is 15.2. The SMILES string of the molecule is CCCCC(C(=O)O)N1CCN(c2cccc(Cl)c2)CC1. The van der Waals surface area contributed by atoms with Gasteiger partial charge in [-0.3, -0.25) is 9.69 Å². The van der Waals surface area contributed by atoms with Crippen LogP contribution in [0.5, 0.6) is 0 Å². The lowest BCUT2D eigenvalue weighted by atomic mass is 10.1. The maximum Gasteiger partial charge on any atom is 0.320 e. The number of carboxylic acids is 1. The Morgan fingerprint density at radius 1 is 1.33 bits per heavy atom. The van der Waals surface area contributed by atoms with Crippen molar-refractivity contribution < 1.29 is 9.90 Å². The lowest BCUT2D eigenvalue weighted by Crippen LogP contribution is -2.52. The highest BCUT2D eigenvalue weighted by atomic mass is 35.5. The molecule has 1 atom stereocenters. The van der Waals surface area contributed by atoms with Crippen molar-refractivity contribution in [1.82, 2.24) is 4.90 Å². The van der Waals surface area contributed by atoms with E-state index in [1.165, 1.54) is 0 Å². The quantitative estimate of drug-likeness (QED) is 0.877. The molecule has 1 fully saturated rings. The van der Waals surface area contributed by atoms with Crippen LogP contribution in [-0.2, 0) is 4.79 Å². The molecule has 1 saturated heterocycles. The van der Waals surface area contributed by atoms with Crippen LogP contribution < -0.4 is 4.90 Å². The smallest absolute Gasteiger partial charge is 0.320 e. The summed E-state index contributed by atoms with van der Waals surface area (Å²) in [5.41, 5.74) is 1.11. The monoisotopic (exact) mass is 310 g/mol. The zero-order valence-electron chi connectivity index (χ0n) is 12.5. The molecule has 1 aliphatic heterocycles. The normalized spacial score (nSPS) is 17.7. The number of carbonyl (C=O) groups is 1. The van der Waals surface area contributed by atoms with Gasteiger partial charge in [0.1, 0.15) is 6.04 Å². The van der Waals surface area contributed by atoms with Crippen LogP contribution in [0.25, 0.3) is 0 Å². The number of halogens is 1. The van der Waals surface area contributed by atoms with Crippen molar-refractivity contribution in [2.45, 2.75) is 32.2 Å². The van der Waals surface area contributed by atoms with Gasteiger partial charge in [0.15, 0.2) is 0 Å². The molecular formula is C16H23ClN2O2. The summed E-state index contributed by atoms with van der Waals surface area (Å²) in [7, 11) is 0. The molecule has 1 heterocycles. The summed E-state index contributed by atoms with van der Waals surface area (Å²) in [6.45, 7) is 5.35. The highest BCUT2D eigenvalue weighted by Gasteiger charge is 2.28. The van der Waals surface area contributed by atoms with E-state index in [0.29, 0.717) is 0 Å². The summed E-state index contributed by atoms with van der Waals surface area (Å²) < 4.78 is 0. The number of hydrogen-bond acceptors (Lipinski definition) is 3. The number of carboxylic acid groups (broad SMARTS) is 1. The zero-order valence-corrected chi connectivity index (χ0v) is 13.2. The summed E-state index contributed by atoms with van der Waals surface area (Å²) in [4.78, 5) is 15.8. The number of nitrogens with zero attached hydrogens (tertiary/aromatic N) is 2. The minimum Gasteiger partial charge on any atom is -0.480 e. The fourth-order valence-electron chi connectivity index (χ4n) is 2.82. The Morgan fingerprint density at radius 2 is 2.05 bits per heavy atom. The molecule has 1 N–H and O–H groups in total. The van der Waals surface area contributed by atoms with Gasteiger partial charge in [-0.15, -0.1) is 0 Å². The van der Waals surface area contributed by atoms with E-state index < -0.39 is 5.97 Å². The van der Waals surface area contributed by atoms with Crippen LogP contribution in [0, 0.1) is 0 Å². The first kappa shape index (κ1) is 16.1. The molecule has 1 aliphatic rings. The third-order valence-corrected chi connectivity index (χ3v) is 4.28. The van der Waals surface area contributed by atoms with Gasteiger partial charge >= 0.3 is 5.97 Å². The van der Waals surface area contributed by atoms with Crippen molar-refractivity contribution in [2.24, 2.45) is 0 Å². The Balaban J connectivity index is 1.94. The second-order valence-corrected chi connectivity index (χ2v) is 5.94. The lowest BCUT2D eigenvalue weighted by molar-refractivity contribution is -0.143. The van der Waals surface area contributed by atoms with Crippen molar-refractivity contribution in [2.75, 3.05) is 31.1 Å². The number of unbranched alkanes of at least 4 members (excludes halogenated alkanes) is 1. The Morgan fingerprint density at radius 3 is 2.62 bits per heavy atom. The van der Waals surface area contributed by atoms with Gasteiger partial charge in [0.2, 0.25) is 0 Å². The van der Waals surface area contributed by atoms with E-state index in [2.05, 4.69) is 16.7 Å². The van der Waals surface area contributed by atoms with Crippen LogP contribution in [0.4, 0.5) is 5.69 Å².